The van der Waals surface area contributed by atoms with Gasteiger partial charge in [-0.25, -0.2) is 4.39 Å². The Balaban J connectivity index is 1.90. The van der Waals surface area contributed by atoms with Crippen molar-refractivity contribution in [1.29, 1.82) is 0 Å². The maximum absolute atomic E-state index is 13.6. The number of nitrogens with one attached hydrogen (secondary N) is 2. The largest absolute Gasteiger partial charge is 0.494 e. The van der Waals surface area contributed by atoms with E-state index in [9.17, 15) is 14.0 Å². The highest BCUT2D eigenvalue weighted by atomic mass is 35.5. The molecule has 27 heavy (non-hydrogen) atoms. The number of amides is 2. The Morgan fingerprint density at radius 2 is 1.81 bits per heavy atom. The number of hydrogen-bond donors (Lipinski definition) is 2. The summed E-state index contributed by atoms with van der Waals surface area (Å²) in [6, 6.07) is 8.47. The smallest absolute Gasteiger partial charge is 0.251 e. The molecule has 0 fully saturated rings. The third kappa shape index (κ3) is 5.84. The molecule has 0 aliphatic heterocycles. The lowest BCUT2D eigenvalue weighted by Crippen LogP contribution is -2.38. The molecule has 0 aliphatic carbocycles. The van der Waals surface area contributed by atoms with Gasteiger partial charge in [0.2, 0.25) is 5.91 Å². The number of hydrogen-bond acceptors (Lipinski definition) is 3. The van der Waals surface area contributed by atoms with E-state index in [-0.39, 0.29) is 16.6 Å². The van der Waals surface area contributed by atoms with E-state index >= 15 is 0 Å². The zero-order valence-electron chi connectivity index (χ0n) is 14.8. The van der Waals surface area contributed by atoms with E-state index in [1.54, 1.807) is 31.2 Å². The van der Waals surface area contributed by atoms with Crippen molar-refractivity contribution in [1.82, 2.24) is 10.6 Å². The highest BCUT2D eigenvalue weighted by Crippen LogP contribution is 2.28. The van der Waals surface area contributed by atoms with E-state index in [1.165, 1.54) is 12.1 Å². The van der Waals surface area contributed by atoms with Gasteiger partial charge in [0.05, 0.1) is 24.2 Å². The minimum Gasteiger partial charge on any atom is -0.494 e. The monoisotopic (exact) mass is 412 g/mol. The molecule has 0 radical (unpaired) electrons. The van der Waals surface area contributed by atoms with Gasteiger partial charge in [-0.2, -0.15) is 0 Å². The summed E-state index contributed by atoms with van der Waals surface area (Å²) in [5.74, 6) is -0.793. The molecular formula is C19H19Cl2FN2O3. The first-order valence-electron chi connectivity index (χ1n) is 8.26. The Hall–Kier alpha value is -2.31. The molecule has 2 amide bonds. The summed E-state index contributed by atoms with van der Waals surface area (Å²) in [5.41, 5.74) is 0.798. The maximum Gasteiger partial charge on any atom is 0.251 e. The molecule has 0 aromatic heterocycles. The van der Waals surface area contributed by atoms with Gasteiger partial charge in [-0.1, -0.05) is 23.2 Å². The molecule has 8 heteroatoms. The van der Waals surface area contributed by atoms with Crippen LogP contribution < -0.4 is 15.4 Å². The number of benzene rings is 2. The Kier molecular flexibility index (Phi) is 7.45. The van der Waals surface area contributed by atoms with E-state index in [0.29, 0.717) is 23.5 Å². The SMILES string of the molecule is CCOc1ccc(C(=O)NCC(=O)N[C@H](C)c2cc(F)c(Cl)cc2Cl)cc1. The lowest BCUT2D eigenvalue weighted by atomic mass is 10.1. The normalized spacial score (nSPS) is 11.6. The van der Waals surface area contributed by atoms with Crippen LogP contribution in [0, 0.1) is 5.82 Å². The van der Waals surface area contributed by atoms with E-state index < -0.39 is 23.7 Å². The number of ether oxygens (including phenoxy) is 1. The molecule has 0 saturated carbocycles. The highest BCUT2D eigenvalue weighted by Gasteiger charge is 2.16. The number of carbonyl (C=O) groups excluding carboxylic acids is 2. The minimum atomic E-state index is -0.624. The molecule has 2 N–H and O–H groups in total. The average molecular weight is 413 g/mol. The third-order valence-corrected chi connectivity index (χ3v) is 4.34. The van der Waals surface area contributed by atoms with Crippen molar-refractivity contribution < 1.29 is 18.7 Å². The number of carbonyl (C=O) groups is 2. The van der Waals surface area contributed by atoms with Crippen LogP contribution in [0.5, 0.6) is 5.75 Å². The standard InChI is InChI=1S/C19H19Cl2FN2O3/c1-3-27-13-6-4-12(5-7-13)19(26)23-10-18(25)24-11(2)14-8-17(22)16(21)9-15(14)20/h4-9,11H,3,10H2,1-2H3,(H,23,26)(H,24,25)/t11-/m1/s1. The average Bonchev–Trinajstić information content (AvgIpc) is 2.63. The Morgan fingerprint density at radius 3 is 2.44 bits per heavy atom. The van der Waals surface area contributed by atoms with Crippen LogP contribution in [-0.2, 0) is 4.79 Å². The lowest BCUT2D eigenvalue weighted by molar-refractivity contribution is -0.120. The molecule has 0 bridgehead atoms. The van der Waals surface area contributed by atoms with Gasteiger partial charge in [-0.05, 0) is 55.8 Å². The van der Waals surface area contributed by atoms with Crippen molar-refractivity contribution in [3.63, 3.8) is 0 Å². The summed E-state index contributed by atoms with van der Waals surface area (Å²) < 4.78 is 18.9. The summed E-state index contributed by atoms with van der Waals surface area (Å²) >= 11 is 11.7. The highest BCUT2D eigenvalue weighted by molar-refractivity contribution is 6.35. The first-order chi connectivity index (χ1) is 12.8. The van der Waals surface area contributed by atoms with Gasteiger partial charge in [0.15, 0.2) is 0 Å². The van der Waals surface area contributed by atoms with Crippen LogP contribution in [0.3, 0.4) is 0 Å². The third-order valence-electron chi connectivity index (χ3n) is 3.72. The van der Waals surface area contributed by atoms with Gasteiger partial charge in [0.25, 0.3) is 5.91 Å². The zero-order chi connectivity index (χ0) is 20.0. The minimum absolute atomic E-state index is 0.0927. The predicted octanol–water partition coefficient (Wildman–Crippen LogP) is 4.14. The predicted molar refractivity (Wildman–Crippen MR) is 103 cm³/mol. The maximum atomic E-state index is 13.6. The van der Waals surface area contributed by atoms with Crippen LogP contribution in [0.2, 0.25) is 10.0 Å². The molecule has 2 aromatic carbocycles. The fraction of sp³-hybridized carbons (Fsp3) is 0.263. The van der Waals surface area contributed by atoms with Crippen LogP contribution in [-0.4, -0.2) is 25.0 Å². The van der Waals surface area contributed by atoms with Gasteiger partial charge >= 0.3 is 0 Å². The molecule has 0 heterocycles. The van der Waals surface area contributed by atoms with E-state index in [1.807, 2.05) is 6.92 Å². The van der Waals surface area contributed by atoms with Crippen molar-refractivity contribution >= 4 is 35.0 Å². The summed E-state index contributed by atoms with van der Waals surface area (Å²) in [7, 11) is 0. The Morgan fingerprint density at radius 1 is 1.15 bits per heavy atom. The van der Waals surface area contributed by atoms with Crippen molar-refractivity contribution in [2.24, 2.45) is 0 Å². The zero-order valence-corrected chi connectivity index (χ0v) is 16.3. The molecule has 0 spiro atoms. The second-order valence-corrected chi connectivity index (χ2v) is 6.53. The van der Waals surface area contributed by atoms with Crippen molar-refractivity contribution in [3.05, 3.63) is 63.4 Å². The van der Waals surface area contributed by atoms with Crippen molar-refractivity contribution in [2.45, 2.75) is 19.9 Å². The molecular weight excluding hydrogens is 394 g/mol. The van der Waals surface area contributed by atoms with Gasteiger partial charge < -0.3 is 15.4 Å². The van der Waals surface area contributed by atoms with Gasteiger partial charge in [-0.3, -0.25) is 9.59 Å². The van der Waals surface area contributed by atoms with Gasteiger partial charge in [0, 0.05) is 10.6 Å². The molecule has 0 unspecified atom stereocenters. The van der Waals surface area contributed by atoms with E-state index in [4.69, 9.17) is 27.9 Å². The van der Waals surface area contributed by atoms with Crippen molar-refractivity contribution in [3.8, 4) is 5.75 Å². The second-order valence-electron chi connectivity index (χ2n) is 5.72. The van der Waals surface area contributed by atoms with Gasteiger partial charge in [0.1, 0.15) is 11.6 Å². The van der Waals surface area contributed by atoms with E-state index in [2.05, 4.69) is 10.6 Å². The van der Waals surface area contributed by atoms with Crippen LogP contribution >= 0.6 is 23.2 Å². The topological polar surface area (TPSA) is 67.4 Å². The molecule has 1 atom stereocenters. The van der Waals surface area contributed by atoms with Crippen molar-refractivity contribution in [2.75, 3.05) is 13.2 Å². The Bertz CT molecular complexity index is 828. The number of halogens is 3. The molecule has 0 aliphatic rings. The van der Waals surface area contributed by atoms with Gasteiger partial charge in [-0.15, -0.1) is 0 Å². The first kappa shape index (κ1) is 21.0. The summed E-state index contributed by atoms with van der Waals surface area (Å²) in [6.45, 7) is 3.82. The molecule has 2 rings (SSSR count). The molecule has 144 valence electrons. The Labute approximate surface area is 166 Å². The summed E-state index contributed by atoms with van der Waals surface area (Å²) in [5, 5.41) is 5.32. The van der Waals surface area contributed by atoms with Crippen LogP contribution in [0.1, 0.15) is 35.8 Å². The lowest BCUT2D eigenvalue weighted by Gasteiger charge is -2.16. The second kappa shape index (κ2) is 9.58. The molecule has 5 nitrogen and oxygen atoms in total. The fourth-order valence-electron chi connectivity index (χ4n) is 2.37. The summed E-state index contributed by atoms with van der Waals surface area (Å²) in [6.07, 6.45) is 0. The summed E-state index contributed by atoms with van der Waals surface area (Å²) in [4.78, 5) is 24.1. The van der Waals surface area contributed by atoms with E-state index in [0.717, 1.165) is 0 Å². The van der Waals surface area contributed by atoms with Crippen LogP contribution in [0.15, 0.2) is 36.4 Å². The molecule has 0 saturated heterocycles. The fourth-order valence-corrected chi connectivity index (χ4v) is 2.92. The number of rotatable bonds is 7. The van der Waals surface area contributed by atoms with Crippen LogP contribution in [0.4, 0.5) is 4.39 Å². The van der Waals surface area contributed by atoms with Crippen LogP contribution in [0.25, 0.3) is 0 Å². The quantitative estimate of drug-likeness (QED) is 0.671. The molecule has 2 aromatic rings. The first-order valence-corrected chi connectivity index (χ1v) is 9.02.